The van der Waals surface area contributed by atoms with Crippen LogP contribution >= 0.6 is 0 Å². The number of hydrogen-bond acceptors (Lipinski definition) is 2. The highest BCUT2D eigenvalue weighted by Crippen LogP contribution is 2.28. The molecule has 1 heterocycles. The molecule has 0 amide bonds. The molecule has 82 valence electrons. The van der Waals surface area contributed by atoms with E-state index in [0.29, 0.717) is 0 Å². The molecule has 16 heavy (non-hydrogen) atoms. The van der Waals surface area contributed by atoms with Gasteiger partial charge in [-0.25, -0.2) is 0 Å². The summed E-state index contributed by atoms with van der Waals surface area (Å²) in [5, 5.41) is 2.39. The summed E-state index contributed by atoms with van der Waals surface area (Å²) in [6.07, 6.45) is 1.81. The van der Waals surface area contributed by atoms with Gasteiger partial charge in [0.15, 0.2) is 0 Å². The first-order valence-electron chi connectivity index (χ1n) is 5.33. The lowest BCUT2D eigenvalue weighted by atomic mass is 10.1. The number of aryl methyl sites for hydroxylation is 1. The first-order valence-corrected chi connectivity index (χ1v) is 5.33. The molecule has 2 nitrogen and oxygen atoms in total. The van der Waals surface area contributed by atoms with Crippen molar-refractivity contribution in [2.75, 3.05) is 19.0 Å². The third-order valence-corrected chi connectivity index (χ3v) is 2.68. The molecule has 0 aliphatic carbocycles. The standard InChI is InChI=1S/C14H16N2/c1-5-13-11-7-6-8-14(16(3)4)12(11)9-10(2)15-13/h5-9H,1H2,2-4H3. The van der Waals surface area contributed by atoms with E-state index in [-0.39, 0.29) is 0 Å². The van der Waals surface area contributed by atoms with Crippen LogP contribution in [-0.2, 0) is 0 Å². The van der Waals surface area contributed by atoms with Crippen LogP contribution < -0.4 is 4.90 Å². The van der Waals surface area contributed by atoms with E-state index in [9.17, 15) is 0 Å². The highest BCUT2D eigenvalue weighted by molar-refractivity contribution is 5.98. The largest absolute Gasteiger partial charge is 0.377 e. The predicted octanol–water partition coefficient (Wildman–Crippen LogP) is 3.25. The maximum absolute atomic E-state index is 4.48. The summed E-state index contributed by atoms with van der Waals surface area (Å²) in [6.45, 7) is 5.83. The molecule has 1 aromatic carbocycles. The Balaban J connectivity index is 2.87. The second-order valence-corrected chi connectivity index (χ2v) is 4.12. The van der Waals surface area contributed by atoms with Crippen LogP contribution in [0, 0.1) is 6.92 Å². The molecule has 0 aliphatic heterocycles. The average molecular weight is 212 g/mol. The number of aromatic nitrogens is 1. The minimum absolute atomic E-state index is 0.957. The number of rotatable bonds is 2. The summed E-state index contributed by atoms with van der Waals surface area (Å²) >= 11 is 0. The summed E-state index contributed by atoms with van der Waals surface area (Å²) in [5.41, 5.74) is 3.20. The first kappa shape index (κ1) is 10.7. The van der Waals surface area contributed by atoms with E-state index >= 15 is 0 Å². The van der Waals surface area contributed by atoms with Crippen LogP contribution in [-0.4, -0.2) is 19.1 Å². The van der Waals surface area contributed by atoms with Crippen LogP contribution in [0.3, 0.4) is 0 Å². The van der Waals surface area contributed by atoms with Gasteiger partial charge in [-0.1, -0.05) is 18.7 Å². The van der Waals surface area contributed by atoms with E-state index in [1.54, 1.807) is 0 Å². The number of pyridine rings is 1. The number of fused-ring (bicyclic) bond motifs is 1. The third-order valence-electron chi connectivity index (χ3n) is 2.68. The van der Waals surface area contributed by atoms with Gasteiger partial charge in [0, 0.05) is 36.2 Å². The molecule has 0 bridgehead atoms. The first-order chi connectivity index (χ1) is 7.63. The second-order valence-electron chi connectivity index (χ2n) is 4.12. The van der Waals surface area contributed by atoms with E-state index in [2.05, 4.69) is 54.8 Å². The van der Waals surface area contributed by atoms with E-state index in [1.807, 2.05) is 13.0 Å². The lowest BCUT2D eigenvalue weighted by Crippen LogP contribution is -2.09. The van der Waals surface area contributed by atoms with Crippen LogP contribution in [0.1, 0.15) is 11.4 Å². The van der Waals surface area contributed by atoms with Gasteiger partial charge in [-0.15, -0.1) is 0 Å². The molecule has 0 saturated heterocycles. The van der Waals surface area contributed by atoms with Crippen molar-refractivity contribution in [3.63, 3.8) is 0 Å². The molecule has 0 fully saturated rings. The zero-order valence-electron chi connectivity index (χ0n) is 9.99. The Morgan fingerprint density at radius 3 is 2.62 bits per heavy atom. The SMILES string of the molecule is C=Cc1nc(C)cc2c(N(C)C)cccc12. The molecule has 0 aliphatic rings. The van der Waals surface area contributed by atoms with Crippen LogP contribution in [0.4, 0.5) is 5.69 Å². The molecule has 0 N–H and O–H groups in total. The van der Waals surface area contributed by atoms with Crippen molar-refractivity contribution in [2.24, 2.45) is 0 Å². The van der Waals surface area contributed by atoms with Crippen LogP contribution in [0.25, 0.3) is 16.8 Å². The molecule has 0 radical (unpaired) electrons. The Bertz CT molecular complexity index is 542. The zero-order chi connectivity index (χ0) is 11.7. The molecule has 0 spiro atoms. The van der Waals surface area contributed by atoms with Crippen molar-refractivity contribution in [3.05, 3.63) is 42.2 Å². The van der Waals surface area contributed by atoms with Gasteiger partial charge in [0.2, 0.25) is 0 Å². The monoisotopic (exact) mass is 212 g/mol. The molecule has 1 aromatic heterocycles. The zero-order valence-corrected chi connectivity index (χ0v) is 9.99. The van der Waals surface area contributed by atoms with Gasteiger partial charge in [-0.2, -0.15) is 0 Å². The quantitative estimate of drug-likeness (QED) is 0.759. The fraction of sp³-hybridized carbons (Fsp3) is 0.214. The fourth-order valence-electron chi connectivity index (χ4n) is 1.97. The minimum Gasteiger partial charge on any atom is -0.377 e. The predicted molar refractivity (Wildman–Crippen MR) is 70.9 cm³/mol. The molecular formula is C14H16N2. The van der Waals surface area contributed by atoms with Crippen LogP contribution in [0.15, 0.2) is 30.8 Å². The second kappa shape index (κ2) is 3.97. The highest BCUT2D eigenvalue weighted by atomic mass is 15.1. The van der Waals surface area contributed by atoms with Gasteiger partial charge in [0.25, 0.3) is 0 Å². The number of hydrogen-bond donors (Lipinski definition) is 0. The highest BCUT2D eigenvalue weighted by Gasteiger charge is 2.06. The van der Waals surface area contributed by atoms with Crippen LogP contribution in [0.2, 0.25) is 0 Å². The summed E-state index contributed by atoms with van der Waals surface area (Å²) in [7, 11) is 4.11. The Labute approximate surface area is 96.2 Å². The van der Waals surface area contributed by atoms with Crippen molar-refractivity contribution in [1.29, 1.82) is 0 Å². The smallest absolute Gasteiger partial charge is 0.0706 e. The fourth-order valence-corrected chi connectivity index (χ4v) is 1.97. The summed E-state index contributed by atoms with van der Waals surface area (Å²) in [5.74, 6) is 0. The number of benzene rings is 1. The molecular weight excluding hydrogens is 196 g/mol. The van der Waals surface area contributed by atoms with Crippen molar-refractivity contribution < 1.29 is 0 Å². The molecule has 0 atom stereocenters. The van der Waals surface area contributed by atoms with E-state index in [1.165, 1.54) is 11.1 Å². The summed E-state index contributed by atoms with van der Waals surface area (Å²) < 4.78 is 0. The maximum atomic E-state index is 4.48. The third kappa shape index (κ3) is 1.67. The normalized spacial score (nSPS) is 10.4. The van der Waals surface area contributed by atoms with E-state index in [0.717, 1.165) is 16.8 Å². The topological polar surface area (TPSA) is 16.1 Å². The molecule has 2 heteroatoms. The number of anilines is 1. The Hall–Kier alpha value is -1.83. The molecule has 0 saturated carbocycles. The van der Waals surface area contributed by atoms with Gasteiger partial charge in [0.1, 0.15) is 0 Å². The molecule has 2 aromatic rings. The molecule has 0 unspecified atom stereocenters. The summed E-state index contributed by atoms with van der Waals surface area (Å²) in [4.78, 5) is 6.60. The van der Waals surface area contributed by atoms with Gasteiger partial charge in [-0.3, -0.25) is 4.98 Å². The lowest BCUT2D eigenvalue weighted by molar-refractivity contribution is 1.14. The van der Waals surface area contributed by atoms with Crippen molar-refractivity contribution in [1.82, 2.24) is 4.98 Å². The van der Waals surface area contributed by atoms with Crippen molar-refractivity contribution >= 4 is 22.5 Å². The minimum atomic E-state index is 0.957. The van der Waals surface area contributed by atoms with Gasteiger partial charge < -0.3 is 4.90 Å². The Morgan fingerprint density at radius 1 is 1.25 bits per heavy atom. The maximum Gasteiger partial charge on any atom is 0.0706 e. The van der Waals surface area contributed by atoms with Crippen molar-refractivity contribution in [2.45, 2.75) is 6.92 Å². The van der Waals surface area contributed by atoms with E-state index < -0.39 is 0 Å². The van der Waals surface area contributed by atoms with Crippen LogP contribution in [0.5, 0.6) is 0 Å². The van der Waals surface area contributed by atoms with E-state index in [4.69, 9.17) is 0 Å². The lowest BCUT2D eigenvalue weighted by Gasteiger charge is -2.16. The average Bonchev–Trinajstić information content (AvgIpc) is 2.26. The molecule has 2 rings (SSSR count). The van der Waals surface area contributed by atoms with Crippen molar-refractivity contribution in [3.8, 4) is 0 Å². The number of nitrogens with zero attached hydrogens (tertiary/aromatic N) is 2. The van der Waals surface area contributed by atoms with Gasteiger partial charge >= 0.3 is 0 Å². The Morgan fingerprint density at radius 2 is 2.00 bits per heavy atom. The summed E-state index contributed by atoms with van der Waals surface area (Å²) in [6, 6.07) is 8.39. The van der Waals surface area contributed by atoms with Gasteiger partial charge in [0.05, 0.1) is 5.69 Å². The Kier molecular flexibility index (Phi) is 2.65. The van der Waals surface area contributed by atoms with Gasteiger partial charge in [-0.05, 0) is 25.1 Å².